The topological polar surface area (TPSA) is 44.0 Å². The van der Waals surface area contributed by atoms with Crippen molar-refractivity contribution in [2.24, 2.45) is 5.92 Å². The van der Waals surface area contributed by atoms with Gasteiger partial charge in [-0.25, -0.2) is 0 Å². The molecule has 0 amide bonds. The molecule has 1 N–H and O–H groups in total. The van der Waals surface area contributed by atoms with Crippen molar-refractivity contribution < 1.29 is 5.11 Å². The predicted molar refractivity (Wildman–Crippen MR) is 37.8 cm³/mol. The Balaban J connectivity index is 0. The summed E-state index contributed by atoms with van der Waals surface area (Å²) in [6, 6.07) is 1.75. The molecule has 54 valence electrons. The van der Waals surface area contributed by atoms with Crippen LogP contribution in [0.15, 0.2) is 0 Å². The van der Waals surface area contributed by atoms with Crippen LogP contribution in [0, 0.1) is 17.2 Å². The zero-order chi connectivity index (χ0) is 7.70. The highest BCUT2D eigenvalue weighted by Gasteiger charge is 1.86. The second kappa shape index (κ2) is 10.4. The summed E-state index contributed by atoms with van der Waals surface area (Å²) in [4.78, 5) is 0. The quantitative estimate of drug-likeness (QED) is 0.614. The monoisotopic (exact) mass is 129 g/mol. The summed E-state index contributed by atoms with van der Waals surface area (Å²) >= 11 is 0. The van der Waals surface area contributed by atoms with E-state index in [0.717, 1.165) is 6.42 Å². The molecule has 0 fully saturated rings. The highest BCUT2D eigenvalue weighted by atomic mass is 16.2. The normalized spacial score (nSPS) is 7.56. The third-order valence-electron chi connectivity index (χ3n) is 0.706. The molecule has 0 heterocycles. The van der Waals surface area contributed by atoms with Crippen LogP contribution in [-0.4, -0.2) is 11.7 Å². The van der Waals surface area contributed by atoms with Gasteiger partial charge in [-0.15, -0.1) is 0 Å². The van der Waals surface area contributed by atoms with Crippen molar-refractivity contribution in [3.8, 4) is 6.07 Å². The average molecular weight is 129 g/mol. The lowest BCUT2D eigenvalue weighted by molar-refractivity contribution is 0.268. The molecule has 0 radical (unpaired) electrons. The smallest absolute Gasteiger partial charge is 0.0587 e. The highest BCUT2D eigenvalue weighted by molar-refractivity contribution is 4.51. The zero-order valence-electron chi connectivity index (χ0n) is 6.39. The maximum atomic E-state index is 8.24. The van der Waals surface area contributed by atoms with E-state index in [0.29, 0.717) is 12.5 Å². The lowest BCUT2D eigenvalue weighted by Crippen LogP contribution is -1.89. The van der Waals surface area contributed by atoms with Gasteiger partial charge in [0.05, 0.1) is 6.07 Å². The molecule has 2 nitrogen and oxygen atoms in total. The van der Waals surface area contributed by atoms with Crippen molar-refractivity contribution in [1.82, 2.24) is 0 Å². The lowest BCUT2D eigenvalue weighted by atomic mass is 10.2. The summed E-state index contributed by atoms with van der Waals surface area (Å²) in [6.07, 6.45) is 0.931. The fraction of sp³-hybridized carbons (Fsp3) is 0.857. The van der Waals surface area contributed by atoms with Gasteiger partial charge in [-0.3, -0.25) is 0 Å². The Bertz CT molecular complexity index is 73.5. The van der Waals surface area contributed by atoms with Crippen LogP contribution < -0.4 is 0 Å². The molecule has 0 saturated heterocycles. The van der Waals surface area contributed by atoms with Crippen LogP contribution in [0.5, 0.6) is 0 Å². The minimum Gasteiger partial charge on any atom is -0.396 e. The minimum absolute atomic E-state index is 0.331. The van der Waals surface area contributed by atoms with Gasteiger partial charge in [-0.1, -0.05) is 13.8 Å². The third-order valence-corrected chi connectivity index (χ3v) is 0.706. The minimum atomic E-state index is 0.331. The van der Waals surface area contributed by atoms with Crippen molar-refractivity contribution >= 4 is 0 Å². The number of hydrogen-bond acceptors (Lipinski definition) is 2. The van der Waals surface area contributed by atoms with Crippen LogP contribution in [0.1, 0.15) is 27.2 Å². The Morgan fingerprint density at radius 1 is 1.56 bits per heavy atom. The fourth-order valence-electron chi connectivity index (χ4n) is 0.258. The van der Waals surface area contributed by atoms with Gasteiger partial charge in [0.1, 0.15) is 0 Å². The van der Waals surface area contributed by atoms with Crippen molar-refractivity contribution in [3.63, 3.8) is 0 Å². The van der Waals surface area contributed by atoms with E-state index >= 15 is 0 Å². The SMILES string of the molecule is CC#N.CC(C)CCO. The number of aliphatic hydroxyl groups excluding tert-OH is 1. The Morgan fingerprint density at radius 3 is 1.89 bits per heavy atom. The number of rotatable bonds is 2. The summed E-state index contributed by atoms with van der Waals surface area (Å²) in [5.41, 5.74) is 0. The van der Waals surface area contributed by atoms with Crippen LogP contribution in [0.2, 0.25) is 0 Å². The molecule has 0 aromatic heterocycles. The first-order valence-electron chi connectivity index (χ1n) is 3.10. The number of hydrogen-bond donors (Lipinski definition) is 1. The fourth-order valence-corrected chi connectivity index (χ4v) is 0.258. The van der Waals surface area contributed by atoms with Crippen molar-refractivity contribution in [1.29, 1.82) is 5.26 Å². The van der Waals surface area contributed by atoms with E-state index in [1.54, 1.807) is 6.07 Å². The van der Waals surface area contributed by atoms with Gasteiger partial charge in [0, 0.05) is 13.5 Å². The maximum Gasteiger partial charge on any atom is 0.0587 e. The Labute approximate surface area is 57.1 Å². The first-order valence-corrected chi connectivity index (χ1v) is 3.10. The largest absolute Gasteiger partial charge is 0.396 e. The second-order valence-corrected chi connectivity index (χ2v) is 2.13. The second-order valence-electron chi connectivity index (χ2n) is 2.13. The van der Waals surface area contributed by atoms with Crippen LogP contribution in [0.4, 0.5) is 0 Å². The third kappa shape index (κ3) is 36.9. The summed E-state index contributed by atoms with van der Waals surface area (Å²) in [5, 5.41) is 15.6. The number of aliphatic hydroxyl groups is 1. The molecular formula is C7H15NO. The van der Waals surface area contributed by atoms with Crippen LogP contribution in [-0.2, 0) is 0 Å². The summed E-state index contributed by atoms with van der Waals surface area (Å²) in [6.45, 7) is 5.95. The first-order chi connectivity index (χ1) is 4.18. The van der Waals surface area contributed by atoms with Crippen molar-refractivity contribution in [3.05, 3.63) is 0 Å². The number of nitrogens with zero attached hydrogens (tertiary/aromatic N) is 1. The molecule has 0 aliphatic rings. The zero-order valence-corrected chi connectivity index (χ0v) is 6.39. The summed E-state index contributed by atoms with van der Waals surface area (Å²) in [7, 11) is 0. The Kier molecular flexibility index (Phi) is 13.1. The van der Waals surface area contributed by atoms with Gasteiger partial charge in [-0.2, -0.15) is 5.26 Å². The van der Waals surface area contributed by atoms with Crippen LogP contribution in [0.3, 0.4) is 0 Å². The molecule has 2 heteroatoms. The Morgan fingerprint density at radius 2 is 1.89 bits per heavy atom. The Hall–Kier alpha value is -0.550. The van der Waals surface area contributed by atoms with Crippen LogP contribution >= 0.6 is 0 Å². The van der Waals surface area contributed by atoms with E-state index < -0.39 is 0 Å². The van der Waals surface area contributed by atoms with Crippen LogP contribution in [0.25, 0.3) is 0 Å². The summed E-state index contributed by atoms with van der Waals surface area (Å²) in [5.74, 6) is 0.648. The molecule has 0 aromatic rings. The van der Waals surface area contributed by atoms with E-state index in [1.165, 1.54) is 6.92 Å². The molecule has 0 aliphatic carbocycles. The van der Waals surface area contributed by atoms with Gasteiger partial charge in [0.2, 0.25) is 0 Å². The standard InChI is InChI=1S/C5H12O.C2H3N/c1-5(2)3-4-6;1-2-3/h5-6H,3-4H2,1-2H3;1H3. The van der Waals surface area contributed by atoms with E-state index in [4.69, 9.17) is 10.4 Å². The van der Waals surface area contributed by atoms with Crippen molar-refractivity contribution in [2.45, 2.75) is 27.2 Å². The van der Waals surface area contributed by atoms with E-state index in [2.05, 4.69) is 13.8 Å². The van der Waals surface area contributed by atoms with Crippen molar-refractivity contribution in [2.75, 3.05) is 6.61 Å². The molecule has 0 saturated carbocycles. The molecule has 0 bridgehead atoms. The molecule has 0 aromatic carbocycles. The molecule has 0 rings (SSSR count). The van der Waals surface area contributed by atoms with Gasteiger partial charge < -0.3 is 5.11 Å². The predicted octanol–water partition coefficient (Wildman–Crippen LogP) is 1.55. The molecule has 0 atom stereocenters. The van der Waals surface area contributed by atoms with E-state index in [9.17, 15) is 0 Å². The average Bonchev–Trinajstić information content (AvgIpc) is 1.67. The molecule has 0 spiro atoms. The van der Waals surface area contributed by atoms with E-state index in [-0.39, 0.29) is 0 Å². The molecule has 0 aliphatic heterocycles. The highest BCUT2D eigenvalue weighted by Crippen LogP contribution is 1.94. The van der Waals surface area contributed by atoms with Gasteiger partial charge in [0.15, 0.2) is 0 Å². The summed E-state index contributed by atoms with van der Waals surface area (Å²) < 4.78 is 0. The van der Waals surface area contributed by atoms with Gasteiger partial charge >= 0.3 is 0 Å². The first kappa shape index (κ1) is 11.3. The maximum absolute atomic E-state index is 8.24. The lowest BCUT2D eigenvalue weighted by Gasteiger charge is -1.95. The van der Waals surface area contributed by atoms with E-state index in [1.807, 2.05) is 0 Å². The number of nitriles is 1. The molecular weight excluding hydrogens is 114 g/mol. The molecule has 0 unspecified atom stereocenters. The van der Waals surface area contributed by atoms with Gasteiger partial charge in [0.25, 0.3) is 0 Å². The van der Waals surface area contributed by atoms with Gasteiger partial charge in [-0.05, 0) is 12.3 Å². The molecule has 9 heavy (non-hydrogen) atoms.